The SMILES string of the molecule is Cc1ccc(CC(=O)NCC2(C(=O)O)CCOCC2)s1. The van der Waals surface area contributed by atoms with Crippen LogP contribution in [0.1, 0.15) is 22.6 Å². The Kier molecular flexibility index (Phi) is 4.77. The standard InChI is InChI=1S/C14H19NO4S/c1-10-2-3-11(20-10)8-12(16)15-9-14(13(17)18)4-6-19-7-5-14/h2-3H,4-9H2,1H3,(H,15,16)(H,17,18). The number of carbonyl (C=O) groups excluding carboxylic acids is 1. The van der Waals surface area contributed by atoms with Gasteiger partial charge in [0.25, 0.3) is 0 Å². The average molecular weight is 297 g/mol. The third-order valence-corrected chi connectivity index (χ3v) is 4.66. The summed E-state index contributed by atoms with van der Waals surface area (Å²) in [6.45, 7) is 3.04. The molecule has 6 heteroatoms. The molecule has 2 rings (SSSR count). The van der Waals surface area contributed by atoms with Gasteiger partial charge in [-0.05, 0) is 31.9 Å². The Morgan fingerprint density at radius 1 is 1.40 bits per heavy atom. The quantitative estimate of drug-likeness (QED) is 0.865. The highest BCUT2D eigenvalue weighted by molar-refractivity contribution is 7.12. The normalized spacial score (nSPS) is 17.6. The van der Waals surface area contributed by atoms with E-state index >= 15 is 0 Å². The smallest absolute Gasteiger partial charge is 0.311 e. The Balaban J connectivity index is 1.89. The van der Waals surface area contributed by atoms with Crippen LogP contribution in [0.25, 0.3) is 0 Å². The maximum atomic E-state index is 11.9. The molecule has 110 valence electrons. The molecular formula is C14H19NO4S. The number of carboxylic acid groups (broad SMARTS) is 1. The number of hydrogen-bond donors (Lipinski definition) is 2. The topological polar surface area (TPSA) is 75.6 Å². The van der Waals surface area contributed by atoms with E-state index in [-0.39, 0.29) is 12.5 Å². The highest BCUT2D eigenvalue weighted by Crippen LogP contribution is 2.30. The van der Waals surface area contributed by atoms with Crippen molar-refractivity contribution in [3.63, 3.8) is 0 Å². The number of carbonyl (C=O) groups is 2. The van der Waals surface area contributed by atoms with Crippen molar-refractivity contribution in [2.45, 2.75) is 26.2 Å². The Bertz CT molecular complexity index is 491. The summed E-state index contributed by atoms with van der Waals surface area (Å²) < 4.78 is 5.21. The second kappa shape index (κ2) is 6.37. The summed E-state index contributed by atoms with van der Waals surface area (Å²) in [4.78, 5) is 25.5. The minimum absolute atomic E-state index is 0.126. The van der Waals surface area contributed by atoms with Gasteiger partial charge in [0.15, 0.2) is 0 Å². The van der Waals surface area contributed by atoms with Crippen LogP contribution in [-0.4, -0.2) is 36.7 Å². The van der Waals surface area contributed by atoms with Crippen LogP contribution in [0.5, 0.6) is 0 Å². The number of hydrogen-bond acceptors (Lipinski definition) is 4. The van der Waals surface area contributed by atoms with Crippen molar-refractivity contribution in [1.82, 2.24) is 5.32 Å². The molecule has 20 heavy (non-hydrogen) atoms. The molecule has 1 aromatic rings. The average Bonchev–Trinajstić information content (AvgIpc) is 2.83. The predicted molar refractivity (Wildman–Crippen MR) is 75.9 cm³/mol. The van der Waals surface area contributed by atoms with Crippen LogP contribution < -0.4 is 5.32 Å². The molecule has 0 aromatic carbocycles. The molecule has 1 saturated heterocycles. The lowest BCUT2D eigenvalue weighted by Gasteiger charge is -2.33. The molecule has 1 aromatic heterocycles. The van der Waals surface area contributed by atoms with E-state index in [4.69, 9.17) is 4.74 Å². The van der Waals surface area contributed by atoms with Gasteiger partial charge in [0, 0.05) is 29.5 Å². The predicted octanol–water partition coefficient (Wildman–Crippen LogP) is 1.60. The molecule has 5 nitrogen and oxygen atoms in total. The minimum atomic E-state index is -0.876. The van der Waals surface area contributed by atoms with E-state index in [1.54, 1.807) is 11.3 Å². The van der Waals surface area contributed by atoms with Gasteiger partial charge in [0.05, 0.1) is 11.8 Å². The molecule has 1 aliphatic rings. The molecular weight excluding hydrogens is 278 g/mol. The van der Waals surface area contributed by atoms with Gasteiger partial charge in [-0.15, -0.1) is 11.3 Å². The van der Waals surface area contributed by atoms with Gasteiger partial charge >= 0.3 is 5.97 Å². The van der Waals surface area contributed by atoms with E-state index in [0.29, 0.717) is 32.5 Å². The first-order chi connectivity index (χ1) is 9.52. The number of nitrogens with one attached hydrogen (secondary N) is 1. The monoisotopic (exact) mass is 297 g/mol. The summed E-state index contributed by atoms with van der Waals surface area (Å²) in [6, 6.07) is 3.91. The Morgan fingerprint density at radius 3 is 2.65 bits per heavy atom. The zero-order chi connectivity index (χ0) is 14.6. The fourth-order valence-electron chi connectivity index (χ4n) is 2.30. The zero-order valence-electron chi connectivity index (χ0n) is 11.5. The van der Waals surface area contributed by atoms with Crippen molar-refractivity contribution >= 4 is 23.2 Å². The van der Waals surface area contributed by atoms with E-state index in [1.807, 2.05) is 19.1 Å². The van der Waals surface area contributed by atoms with E-state index in [1.165, 1.54) is 4.88 Å². The molecule has 0 bridgehead atoms. The van der Waals surface area contributed by atoms with Crippen molar-refractivity contribution in [2.24, 2.45) is 5.41 Å². The Labute approximate surface area is 121 Å². The summed E-state index contributed by atoms with van der Waals surface area (Å²) in [7, 11) is 0. The molecule has 0 atom stereocenters. The summed E-state index contributed by atoms with van der Waals surface area (Å²) in [6.07, 6.45) is 1.20. The van der Waals surface area contributed by atoms with Crippen LogP contribution in [0.15, 0.2) is 12.1 Å². The number of ether oxygens (including phenoxy) is 1. The number of aliphatic carboxylic acids is 1. The minimum Gasteiger partial charge on any atom is -0.481 e. The highest BCUT2D eigenvalue weighted by atomic mass is 32.1. The fraction of sp³-hybridized carbons (Fsp3) is 0.571. The van der Waals surface area contributed by atoms with Gasteiger partial charge in [-0.3, -0.25) is 9.59 Å². The number of thiophene rings is 1. The first-order valence-electron chi connectivity index (χ1n) is 6.65. The van der Waals surface area contributed by atoms with Crippen molar-refractivity contribution in [2.75, 3.05) is 19.8 Å². The Hall–Kier alpha value is -1.40. The second-order valence-corrected chi connectivity index (χ2v) is 6.54. The molecule has 0 unspecified atom stereocenters. The second-order valence-electron chi connectivity index (χ2n) is 5.16. The van der Waals surface area contributed by atoms with Crippen LogP contribution in [0.4, 0.5) is 0 Å². The van der Waals surface area contributed by atoms with Gasteiger partial charge in [-0.2, -0.15) is 0 Å². The van der Waals surface area contributed by atoms with Crippen molar-refractivity contribution < 1.29 is 19.4 Å². The summed E-state index contributed by atoms with van der Waals surface area (Å²) >= 11 is 1.59. The zero-order valence-corrected chi connectivity index (χ0v) is 12.3. The molecule has 1 amide bonds. The summed E-state index contributed by atoms with van der Waals surface area (Å²) in [5.74, 6) is -0.980. The summed E-state index contributed by atoms with van der Waals surface area (Å²) in [5.41, 5.74) is -0.876. The maximum Gasteiger partial charge on any atom is 0.311 e. The van der Waals surface area contributed by atoms with Gasteiger partial charge in [0.2, 0.25) is 5.91 Å². The highest BCUT2D eigenvalue weighted by Gasteiger charge is 2.40. The molecule has 0 radical (unpaired) electrons. The first kappa shape index (κ1) is 15.0. The fourth-order valence-corrected chi connectivity index (χ4v) is 3.19. The third kappa shape index (κ3) is 3.58. The van der Waals surface area contributed by atoms with Crippen LogP contribution >= 0.6 is 11.3 Å². The molecule has 0 saturated carbocycles. The van der Waals surface area contributed by atoms with Crippen LogP contribution in [0.2, 0.25) is 0 Å². The van der Waals surface area contributed by atoms with Gasteiger partial charge in [0.1, 0.15) is 0 Å². The van der Waals surface area contributed by atoms with Crippen LogP contribution in [-0.2, 0) is 20.7 Å². The number of amides is 1. The number of rotatable bonds is 5. The molecule has 0 aliphatic carbocycles. The molecule has 2 N–H and O–H groups in total. The number of aryl methyl sites for hydroxylation is 1. The molecule has 1 aliphatic heterocycles. The van der Waals surface area contributed by atoms with Crippen LogP contribution in [0.3, 0.4) is 0 Å². The third-order valence-electron chi connectivity index (χ3n) is 3.66. The van der Waals surface area contributed by atoms with Gasteiger partial charge in [-0.1, -0.05) is 0 Å². The number of carboxylic acids is 1. The van der Waals surface area contributed by atoms with Gasteiger partial charge < -0.3 is 15.2 Å². The maximum absolute atomic E-state index is 11.9. The Morgan fingerprint density at radius 2 is 2.10 bits per heavy atom. The lowest BCUT2D eigenvalue weighted by atomic mass is 9.80. The first-order valence-corrected chi connectivity index (χ1v) is 7.47. The van der Waals surface area contributed by atoms with E-state index in [0.717, 1.165) is 4.88 Å². The van der Waals surface area contributed by atoms with Crippen molar-refractivity contribution in [3.8, 4) is 0 Å². The van der Waals surface area contributed by atoms with Crippen molar-refractivity contribution in [3.05, 3.63) is 21.9 Å². The van der Waals surface area contributed by atoms with E-state index in [2.05, 4.69) is 5.32 Å². The van der Waals surface area contributed by atoms with Gasteiger partial charge in [-0.25, -0.2) is 0 Å². The lowest BCUT2D eigenvalue weighted by molar-refractivity contribution is -0.154. The molecule has 1 fully saturated rings. The molecule has 2 heterocycles. The summed E-state index contributed by atoms with van der Waals surface area (Å²) in [5, 5.41) is 12.2. The van der Waals surface area contributed by atoms with Crippen molar-refractivity contribution in [1.29, 1.82) is 0 Å². The molecule has 0 spiro atoms. The van der Waals surface area contributed by atoms with E-state index in [9.17, 15) is 14.7 Å². The lowest BCUT2D eigenvalue weighted by Crippen LogP contribution is -2.46. The van der Waals surface area contributed by atoms with E-state index < -0.39 is 11.4 Å². The largest absolute Gasteiger partial charge is 0.481 e. The van der Waals surface area contributed by atoms with Crippen LogP contribution in [0, 0.1) is 12.3 Å².